The van der Waals surface area contributed by atoms with Gasteiger partial charge in [-0.05, 0) is 48.0 Å². The van der Waals surface area contributed by atoms with E-state index in [0.717, 1.165) is 10.0 Å². The van der Waals surface area contributed by atoms with Gasteiger partial charge in [0.1, 0.15) is 0 Å². The van der Waals surface area contributed by atoms with E-state index in [9.17, 15) is 9.59 Å². The average molecular weight is 435 g/mol. The standard InChI is InChI=1S/C22H15BrN2O3/c23-16-10-8-14(9-11-16)12-20(26)24-17-5-3-4-15(13-17)21-25-19-7-2-1-6-18(19)22(27)28-21/h1-11,13H,12H2,(H,24,26). The van der Waals surface area contributed by atoms with Crippen LogP contribution in [0.2, 0.25) is 0 Å². The topological polar surface area (TPSA) is 72.2 Å². The van der Waals surface area contributed by atoms with Gasteiger partial charge in [0.05, 0.1) is 17.3 Å². The summed E-state index contributed by atoms with van der Waals surface area (Å²) in [5.41, 5.74) is 2.27. The van der Waals surface area contributed by atoms with Gasteiger partial charge >= 0.3 is 5.63 Å². The van der Waals surface area contributed by atoms with Gasteiger partial charge in [0.15, 0.2) is 0 Å². The lowest BCUT2D eigenvalue weighted by Crippen LogP contribution is -2.14. The maximum Gasteiger partial charge on any atom is 0.347 e. The zero-order chi connectivity index (χ0) is 19.5. The Hall–Kier alpha value is -3.25. The minimum Gasteiger partial charge on any atom is -0.403 e. The largest absolute Gasteiger partial charge is 0.403 e. The van der Waals surface area contributed by atoms with Crippen LogP contribution in [0.4, 0.5) is 5.69 Å². The Morgan fingerprint density at radius 3 is 2.61 bits per heavy atom. The molecule has 0 aliphatic carbocycles. The number of rotatable bonds is 4. The van der Waals surface area contributed by atoms with Crippen LogP contribution >= 0.6 is 15.9 Å². The molecule has 0 radical (unpaired) electrons. The predicted octanol–water partition coefficient (Wildman–Crippen LogP) is 4.80. The summed E-state index contributed by atoms with van der Waals surface area (Å²) in [4.78, 5) is 28.9. The van der Waals surface area contributed by atoms with E-state index in [4.69, 9.17) is 4.42 Å². The van der Waals surface area contributed by atoms with Gasteiger partial charge in [0.25, 0.3) is 0 Å². The molecule has 0 aliphatic rings. The highest BCUT2D eigenvalue weighted by Gasteiger charge is 2.10. The van der Waals surface area contributed by atoms with Crippen LogP contribution in [0, 0.1) is 0 Å². The van der Waals surface area contributed by atoms with Crippen LogP contribution in [0.1, 0.15) is 5.56 Å². The van der Waals surface area contributed by atoms with E-state index >= 15 is 0 Å². The van der Waals surface area contributed by atoms with E-state index in [1.54, 1.807) is 42.5 Å². The molecule has 1 N–H and O–H groups in total. The van der Waals surface area contributed by atoms with Crippen LogP contribution in [0.5, 0.6) is 0 Å². The molecule has 1 aromatic heterocycles. The SMILES string of the molecule is O=C(Cc1ccc(Br)cc1)Nc1cccc(-c2nc3ccccc3c(=O)o2)c1. The summed E-state index contributed by atoms with van der Waals surface area (Å²) >= 11 is 3.38. The van der Waals surface area contributed by atoms with Gasteiger partial charge in [-0.15, -0.1) is 0 Å². The molecule has 0 bridgehead atoms. The average Bonchev–Trinajstić information content (AvgIpc) is 2.70. The molecule has 0 aliphatic heterocycles. The molecule has 0 fully saturated rings. The normalized spacial score (nSPS) is 10.8. The highest BCUT2D eigenvalue weighted by atomic mass is 79.9. The van der Waals surface area contributed by atoms with Gasteiger partial charge in [-0.25, -0.2) is 9.78 Å². The van der Waals surface area contributed by atoms with E-state index in [1.165, 1.54) is 0 Å². The van der Waals surface area contributed by atoms with E-state index in [1.807, 2.05) is 30.3 Å². The maximum atomic E-state index is 12.3. The predicted molar refractivity (Wildman–Crippen MR) is 112 cm³/mol. The molecule has 138 valence electrons. The second-order valence-electron chi connectivity index (χ2n) is 6.26. The van der Waals surface area contributed by atoms with Crippen LogP contribution < -0.4 is 10.9 Å². The minimum atomic E-state index is -0.440. The minimum absolute atomic E-state index is 0.132. The van der Waals surface area contributed by atoms with Gasteiger partial charge in [0.2, 0.25) is 11.8 Å². The monoisotopic (exact) mass is 434 g/mol. The summed E-state index contributed by atoms with van der Waals surface area (Å²) in [5.74, 6) is 0.0834. The van der Waals surface area contributed by atoms with Crippen molar-refractivity contribution in [1.29, 1.82) is 0 Å². The fraction of sp³-hybridized carbons (Fsp3) is 0.0455. The number of para-hydroxylation sites is 1. The van der Waals surface area contributed by atoms with Crippen molar-refractivity contribution in [3.05, 3.63) is 93.3 Å². The molecule has 0 saturated carbocycles. The molecule has 0 spiro atoms. The molecule has 6 heteroatoms. The van der Waals surface area contributed by atoms with Crippen molar-refractivity contribution >= 4 is 38.4 Å². The molecule has 5 nitrogen and oxygen atoms in total. The number of benzene rings is 3. The van der Waals surface area contributed by atoms with Gasteiger partial charge in [-0.2, -0.15) is 0 Å². The summed E-state index contributed by atoms with van der Waals surface area (Å²) in [7, 11) is 0. The molecule has 1 heterocycles. The number of halogens is 1. The van der Waals surface area contributed by atoms with Crippen molar-refractivity contribution in [3.63, 3.8) is 0 Å². The number of hydrogen-bond acceptors (Lipinski definition) is 4. The summed E-state index contributed by atoms with van der Waals surface area (Å²) < 4.78 is 6.33. The van der Waals surface area contributed by atoms with Crippen LogP contribution in [0.15, 0.2) is 86.5 Å². The third kappa shape index (κ3) is 4.02. The molecule has 4 aromatic rings. The molecule has 0 saturated heterocycles. The summed E-state index contributed by atoms with van der Waals surface area (Å²) in [5, 5.41) is 3.30. The number of anilines is 1. The summed E-state index contributed by atoms with van der Waals surface area (Å²) in [6.07, 6.45) is 0.265. The Morgan fingerprint density at radius 2 is 1.79 bits per heavy atom. The van der Waals surface area contributed by atoms with Crippen LogP contribution in [0.3, 0.4) is 0 Å². The molecule has 28 heavy (non-hydrogen) atoms. The molecule has 4 rings (SSSR count). The van der Waals surface area contributed by atoms with Crippen LogP contribution in [-0.4, -0.2) is 10.9 Å². The third-order valence-electron chi connectivity index (χ3n) is 4.21. The van der Waals surface area contributed by atoms with E-state index in [-0.39, 0.29) is 18.2 Å². The number of nitrogens with zero attached hydrogens (tertiary/aromatic N) is 1. The third-order valence-corrected chi connectivity index (χ3v) is 4.74. The first-order valence-electron chi connectivity index (χ1n) is 8.63. The number of aromatic nitrogens is 1. The Bertz CT molecular complexity index is 1220. The van der Waals surface area contributed by atoms with Crippen molar-refractivity contribution in [2.45, 2.75) is 6.42 Å². The second kappa shape index (κ2) is 7.78. The summed E-state index contributed by atoms with van der Waals surface area (Å²) in [6.45, 7) is 0. The van der Waals surface area contributed by atoms with Gasteiger partial charge in [-0.3, -0.25) is 4.79 Å². The number of carbonyl (C=O) groups excluding carboxylic acids is 1. The molecule has 1 amide bonds. The van der Waals surface area contributed by atoms with Gasteiger partial charge < -0.3 is 9.73 Å². The van der Waals surface area contributed by atoms with Crippen molar-refractivity contribution in [1.82, 2.24) is 4.98 Å². The fourth-order valence-corrected chi connectivity index (χ4v) is 3.13. The molecule has 0 atom stereocenters. The number of carbonyl (C=O) groups is 1. The quantitative estimate of drug-likeness (QED) is 0.500. The summed E-state index contributed by atoms with van der Waals surface area (Å²) in [6, 6.07) is 21.7. The lowest BCUT2D eigenvalue weighted by Gasteiger charge is -2.07. The van der Waals surface area contributed by atoms with Gasteiger partial charge in [0, 0.05) is 15.7 Å². The van der Waals surface area contributed by atoms with E-state index in [0.29, 0.717) is 22.2 Å². The molecule has 3 aromatic carbocycles. The zero-order valence-corrected chi connectivity index (χ0v) is 16.3. The Labute approximate surface area is 169 Å². The van der Waals surface area contributed by atoms with Crippen molar-refractivity contribution < 1.29 is 9.21 Å². The Morgan fingerprint density at radius 1 is 1.00 bits per heavy atom. The maximum absolute atomic E-state index is 12.3. The first kappa shape index (κ1) is 18.1. The molecular formula is C22H15BrN2O3. The number of nitrogens with one attached hydrogen (secondary N) is 1. The van der Waals surface area contributed by atoms with Crippen molar-refractivity contribution in [2.24, 2.45) is 0 Å². The lowest BCUT2D eigenvalue weighted by atomic mass is 10.1. The number of hydrogen-bond donors (Lipinski definition) is 1. The lowest BCUT2D eigenvalue weighted by molar-refractivity contribution is -0.115. The van der Waals surface area contributed by atoms with Crippen molar-refractivity contribution in [2.75, 3.05) is 5.32 Å². The molecule has 0 unspecified atom stereocenters. The Balaban J connectivity index is 1.57. The fourth-order valence-electron chi connectivity index (χ4n) is 2.87. The van der Waals surface area contributed by atoms with Crippen LogP contribution in [0.25, 0.3) is 22.4 Å². The highest BCUT2D eigenvalue weighted by Crippen LogP contribution is 2.22. The van der Waals surface area contributed by atoms with Crippen molar-refractivity contribution in [3.8, 4) is 11.5 Å². The second-order valence-corrected chi connectivity index (χ2v) is 7.17. The zero-order valence-electron chi connectivity index (χ0n) is 14.7. The smallest absolute Gasteiger partial charge is 0.347 e. The highest BCUT2D eigenvalue weighted by molar-refractivity contribution is 9.10. The van der Waals surface area contributed by atoms with E-state index in [2.05, 4.69) is 26.2 Å². The molecular weight excluding hydrogens is 420 g/mol. The first-order chi connectivity index (χ1) is 13.6. The number of amides is 1. The van der Waals surface area contributed by atoms with E-state index < -0.39 is 5.63 Å². The number of fused-ring (bicyclic) bond motifs is 1. The van der Waals surface area contributed by atoms with Gasteiger partial charge in [-0.1, -0.05) is 46.3 Å². The van der Waals surface area contributed by atoms with Crippen LogP contribution in [-0.2, 0) is 11.2 Å². The first-order valence-corrected chi connectivity index (χ1v) is 9.42. The Kier molecular flexibility index (Phi) is 5.04.